The summed E-state index contributed by atoms with van der Waals surface area (Å²) in [5.41, 5.74) is 0.943. The fourth-order valence-corrected chi connectivity index (χ4v) is 3.82. The lowest BCUT2D eigenvalue weighted by Gasteiger charge is -1.91. The van der Waals surface area contributed by atoms with Crippen molar-refractivity contribution in [1.82, 2.24) is 10.1 Å². The van der Waals surface area contributed by atoms with Crippen molar-refractivity contribution >= 4 is 40.4 Å². The van der Waals surface area contributed by atoms with Gasteiger partial charge in [-0.3, -0.25) is 0 Å². The van der Waals surface area contributed by atoms with Gasteiger partial charge in [0.05, 0.1) is 5.75 Å². The molecule has 0 aliphatic carbocycles. The molecule has 0 saturated carbocycles. The summed E-state index contributed by atoms with van der Waals surface area (Å²) in [7, 11) is 0. The first-order chi connectivity index (χ1) is 9.72. The number of carbonyl (C=O) groups is 1. The van der Waals surface area contributed by atoms with Gasteiger partial charge in [0.1, 0.15) is 4.88 Å². The van der Waals surface area contributed by atoms with Gasteiger partial charge in [0.25, 0.3) is 0 Å². The Kier molecular flexibility index (Phi) is 3.86. The summed E-state index contributed by atoms with van der Waals surface area (Å²) >= 11 is 4.26. The van der Waals surface area contributed by atoms with Gasteiger partial charge < -0.3 is 9.63 Å². The maximum Gasteiger partial charge on any atom is 0.345 e. The number of aromatic carboxylic acids is 1. The average molecular weight is 324 g/mol. The van der Waals surface area contributed by atoms with E-state index in [9.17, 15) is 4.79 Å². The van der Waals surface area contributed by atoms with Crippen molar-refractivity contribution in [3.05, 3.63) is 39.0 Å². The number of thiophene rings is 2. The first kappa shape index (κ1) is 13.3. The van der Waals surface area contributed by atoms with Crippen LogP contribution < -0.4 is 0 Å². The second-order valence-electron chi connectivity index (χ2n) is 3.76. The van der Waals surface area contributed by atoms with Crippen molar-refractivity contribution < 1.29 is 14.4 Å². The van der Waals surface area contributed by atoms with Crippen molar-refractivity contribution in [3.8, 4) is 11.4 Å². The third-order valence-corrected chi connectivity index (χ3v) is 5.11. The van der Waals surface area contributed by atoms with Crippen LogP contribution in [0.2, 0.25) is 0 Å². The van der Waals surface area contributed by atoms with Gasteiger partial charge >= 0.3 is 5.97 Å². The lowest BCUT2D eigenvalue weighted by Crippen LogP contribution is -1.89. The monoisotopic (exact) mass is 324 g/mol. The standard InChI is InChI=1S/C12H8N2O3S3/c15-12(16)9-3-8(5-20-9)19-6-10-13-11(14-17-10)7-1-2-18-4-7/h1-5H,6H2,(H,15,16). The van der Waals surface area contributed by atoms with Gasteiger partial charge in [0.2, 0.25) is 11.7 Å². The summed E-state index contributed by atoms with van der Waals surface area (Å²) in [6, 6.07) is 3.58. The molecule has 0 amide bonds. The third kappa shape index (κ3) is 2.92. The highest BCUT2D eigenvalue weighted by Gasteiger charge is 2.11. The minimum Gasteiger partial charge on any atom is -0.477 e. The van der Waals surface area contributed by atoms with Crippen LogP contribution in [0, 0.1) is 0 Å². The number of carboxylic acid groups (broad SMARTS) is 1. The highest BCUT2D eigenvalue weighted by atomic mass is 32.2. The Morgan fingerprint density at radius 2 is 2.35 bits per heavy atom. The Balaban J connectivity index is 1.65. The molecular weight excluding hydrogens is 316 g/mol. The number of hydrogen-bond donors (Lipinski definition) is 1. The zero-order valence-corrected chi connectivity index (χ0v) is 12.4. The van der Waals surface area contributed by atoms with E-state index in [-0.39, 0.29) is 0 Å². The lowest BCUT2D eigenvalue weighted by molar-refractivity contribution is 0.0702. The van der Waals surface area contributed by atoms with Gasteiger partial charge in [-0.2, -0.15) is 16.3 Å². The third-order valence-electron chi connectivity index (χ3n) is 2.40. The maximum atomic E-state index is 10.8. The first-order valence-corrected chi connectivity index (χ1v) is 8.33. The van der Waals surface area contributed by atoms with Crippen LogP contribution in [0.3, 0.4) is 0 Å². The molecule has 5 nitrogen and oxygen atoms in total. The van der Waals surface area contributed by atoms with Crippen LogP contribution in [-0.2, 0) is 5.75 Å². The van der Waals surface area contributed by atoms with E-state index in [4.69, 9.17) is 9.63 Å². The number of carboxylic acids is 1. The minimum atomic E-state index is -0.903. The van der Waals surface area contributed by atoms with Gasteiger partial charge in [-0.05, 0) is 17.5 Å². The van der Waals surface area contributed by atoms with Crippen LogP contribution in [-0.4, -0.2) is 21.2 Å². The Bertz CT molecular complexity index is 718. The van der Waals surface area contributed by atoms with E-state index in [0.717, 1.165) is 10.5 Å². The molecule has 0 aliphatic heterocycles. The first-order valence-electron chi connectivity index (χ1n) is 5.52. The molecule has 0 saturated heterocycles. The van der Waals surface area contributed by atoms with Crippen molar-refractivity contribution in [2.45, 2.75) is 10.6 Å². The number of aromatic nitrogens is 2. The van der Waals surface area contributed by atoms with Crippen LogP contribution in [0.4, 0.5) is 0 Å². The van der Waals surface area contributed by atoms with E-state index >= 15 is 0 Å². The smallest absolute Gasteiger partial charge is 0.345 e. The summed E-state index contributed by atoms with van der Waals surface area (Å²) < 4.78 is 5.17. The number of nitrogens with zero attached hydrogens (tertiary/aromatic N) is 2. The molecular formula is C12H8N2O3S3. The molecule has 8 heteroatoms. The second kappa shape index (κ2) is 5.78. The molecule has 3 heterocycles. The molecule has 1 N–H and O–H groups in total. The summed E-state index contributed by atoms with van der Waals surface area (Å²) in [6.45, 7) is 0. The maximum absolute atomic E-state index is 10.8. The van der Waals surface area contributed by atoms with Gasteiger partial charge in [0, 0.05) is 21.2 Å². The molecule has 20 heavy (non-hydrogen) atoms. The van der Waals surface area contributed by atoms with Crippen molar-refractivity contribution in [1.29, 1.82) is 0 Å². The number of hydrogen-bond acceptors (Lipinski definition) is 7. The second-order valence-corrected chi connectivity index (χ2v) is 6.50. The fourth-order valence-electron chi connectivity index (χ4n) is 1.47. The molecule has 0 unspecified atom stereocenters. The Hall–Kier alpha value is -1.64. The molecule has 3 aromatic rings. The molecule has 0 bridgehead atoms. The SMILES string of the molecule is O=C(O)c1cc(SCc2nc(-c3ccsc3)no2)cs1. The zero-order valence-electron chi connectivity index (χ0n) is 9.98. The van der Waals surface area contributed by atoms with Gasteiger partial charge in [0.15, 0.2) is 0 Å². The van der Waals surface area contributed by atoms with E-state index in [1.165, 1.54) is 23.1 Å². The zero-order chi connectivity index (χ0) is 13.9. The minimum absolute atomic E-state index is 0.331. The topological polar surface area (TPSA) is 76.2 Å². The molecule has 3 rings (SSSR count). The Morgan fingerprint density at radius 1 is 1.45 bits per heavy atom. The van der Waals surface area contributed by atoms with Crippen LogP contribution in [0.1, 0.15) is 15.6 Å². The van der Waals surface area contributed by atoms with Crippen LogP contribution in [0.5, 0.6) is 0 Å². The fraction of sp³-hybridized carbons (Fsp3) is 0.0833. The molecule has 102 valence electrons. The number of rotatable bonds is 5. The molecule has 0 spiro atoms. The molecule has 0 radical (unpaired) electrons. The van der Waals surface area contributed by atoms with Gasteiger partial charge in [-0.25, -0.2) is 4.79 Å². The summed E-state index contributed by atoms with van der Waals surface area (Å²) in [5.74, 6) is 0.726. The van der Waals surface area contributed by atoms with Crippen molar-refractivity contribution in [2.75, 3.05) is 0 Å². The normalized spacial score (nSPS) is 10.8. The predicted molar refractivity (Wildman–Crippen MR) is 78.5 cm³/mol. The van der Waals surface area contributed by atoms with Crippen molar-refractivity contribution in [3.63, 3.8) is 0 Å². The highest BCUT2D eigenvalue weighted by molar-refractivity contribution is 7.98. The van der Waals surface area contributed by atoms with E-state index < -0.39 is 5.97 Å². The van der Waals surface area contributed by atoms with Gasteiger partial charge in [-0.15, -0.1) is 23.1 Å². The van der Waals surface area contributed by atoms with E-state index in [1.54, 1.807) is 17.4 Å². The van der Waals surface area contributed by atoms with Crippen molar-refractivity contribution in [2.24, 2.45) is 0 Å². The largest absolute Gasteiger partial charge is 0.477 e. The Labute approximate surface area is 126 Å². The number of thioether (sulfide) groups is 1. The van der Waals surface area contributed by atoms with E-state index in [2.05, 4.69) is 10.1 Å². The van der Waals surface area contributed by atoms with Gasteiger partial charge in [-0.1, -0.05) is 5.16 Å². The molecule has 0 aliphatic rings. The molecule has 0 fully saturated rings. The van der Waals surface area contributed by atoms with E-state index in [1.807, 2.05) is 22.2 Å². The average Bonchev–Trinajstić information content (AvgIpc) is 3.17. The van der Waals surface area contributed by atoms with Crippen LogP contribution in [0.25, 0.3) is 11.4 Å². The quantitative estimate of drug-likeness (QED) is 0.718. The Morgan fingerprint density at radius 3 is 3.05 bits per heavy atom. The highest BCUT2D eigenvalue weighted by Crippen LogP contribution is 2.28. The van der Waals surface area contributed by atoms with Crippen LogP contribution in [0.15, 0.2) is 37.7 Å². The molecule has 3 aromatic heterocycles. The molecule has 0 aromatic carbocycles. The summed E-state index contributed by atoms with van der Waals surface area (Å²) in [5, 5.41) is 18.5. The lowest BCUT2D eigenvalue weighted by atomic mass is 10.3. The summed E-state index contributed by atoms with van der Waals surface area (Å²) in [4.78, 5) is 16.3. The predicted octanol–water partition coefficient (Wildman–Crippen LogP) is 3.85. The van der Waals surface area contributed by atoms with E-state index in [0.29, 0.717) is 22.3 Å². The van der Waals surface area contributed by atoms with Crippen LogP contribution >= 0.6 is 34.4 Å². The molecule has 0 atom stereocenters. The summed E-state index contributed by atoms with van der Waals surface area (Å²) in [6.07, 6.45) is 0.